The quantitative estimate of drug-likeness (QED) is 0.723. The maximum absolute atomic E-state index is 11.7. The molecule has 106 valence electrons. The lowest BCUT2D eigenvalue weighted by molar-refractivity contribution is -0.135. The van der Waals surface area contributed by atoms with Gasteiger partial charge in [-0.3, -0.25) is 4.79 Å². The highest BCUT2D eigenvalue weighted by molar-refractivity contribution is 6.18. The number of ketones is 1. The third-order valence-electron chi connectivity index (χ3n) is 3.40. The second-order valence-corrected chi connectivity index (χ2v) is 4.94. The van der Waals surface area contributed by atoms with Crippen molar-refractivity contribution in [2.75, 3.05) is 0 Å². The smallest absolute Gasteiger partial charge is 0.339 e. The SMILES string of the molecule is O=C(O)C1=C(CCc2ccc(O)cc2)C[C@H](O)CC1=O. The van der Waals surface area contributed by atoms with Gasteiger partial charge in [-0.25, -0.2) is 4.79 Å². The van der Waals surface area contributed by atoms with E-state index in [4.69, 9.17) is 5.11 Å². The van der Waals surface area contributed by atoms with E-state index >= 15 is 0 Å². The van der Waals surface area contributed by atoms with E-state index < -0.39 is 17.9 Å². The molecule has 0 spiro atoms. The summed E-state index contributed by atoms with van der Waals surface area (Å²) in [6.07, 6.45) is 0.289. The Labute approximate surface area is 116 Å². The molecule has 0 amide bonds. The van der Waals surface area contributed by atoms with Crippen LogP contribution in [0.25, 0.3) is 0 Å². The molecule has 0 saturated carbocycles. The monoisotopic (exact) mass is 276 g/mol. The van der Waals surface area contributed by atoms with Gasteiger partial charge in [0.1, 0.15) is 11.3 Å². The van der Waals surface area contributed by atoms with Crippen LogP contribution in [-0.2, 0) is 16.0 Å². The Hall–Kier alpha value is -2.14. The van der Waals surface area contributed by atoms with Crippen LogP contribution < -0.4 is 0 Å². The maximum atomic E-state index is 11.7. The topological polar surface area (TPSA) is 94.8 Å². The van der Waals surface area contributed by atoms with Crippen LogP contribution in [0.4, 0.5) is 0 Å². The Bertz CT molecular complexity index is 556. The van der Waals surface area contributed by atoms with Gasteiger partial charge in [-0.1, -0.05) is 12.1 Å². The van der Waals surface area contributed by atoms with Crippen molar-refractivity contribution in [1.82, 2.24) is 0 Å². The molecule has 0 fully saturated rings. The van der Waals surface area contributed by atoms with Gasteiger partial charge in [0.05, 0.1) is 6.10 Å². The number of hydrogen-bond acceptors (Lipinski definition) is 4. The van der Waals surface area contributed by atoms with Gasteiger partial charge in [0.2, 0.25) is 0 Å². The molecular formula is C15H16O5. The predicted molar refractivity (Wildman–Crippen MR) is 71.3 cm³/mol. The van der Waals surface area contributed by atoms with Crippen molar-refractivity contribution in [3.8, 4) is 5.75 Å². The second-order valence-electron chi connectivity index (χ2n) is 4.94. The molecule has 0 unspecified atom stereocenters. The molecule has 5 heteroatoms. The van der Waals surface area contributed by atoms with Gasteiger partial charge >= 0.3 is 5.97 Å². The largest absolute Gasteiger partial charge is 0.508 e. The van der Waals surface area contributed by atoms with Gasteiger partial charge in [0.25, 0.3) is 0 Å². The van der Waals surface area contributed by atoms with Gasteiger partial charge in [0, 0.05) is 6.42 Å². The van der Waals surface area contributed by atoms with Gasteiger partial charge in [-0.15, -0.1) is 0 Å². The standard InChI is InChI=1S/C15H16O5/c16-11-5-2-9(3-6-11)1-4-10-7-12(17)8-13(18)14(10)15(19)20/h2-3,5-6,12,16-17H,1,4,7-8H2,(H,19,20)/t12-/m0/s1. The fourth-order valence-corrected chi connectivity index (χ4v) is 2.43. The van der Waals surface area contributed by atoms with E-state index in [1.807, 2.05) is 0 Å². The predicted octanol–water partition coefficient (Wildman–Crippen LogP) is 1.43. The Morgan fingerprint density at radius 1 is 1.15 bits per heavy atom. The normalized spacial score (nSPS) is 19.2. The van der Waals surface area contributed by atoms with Crippen molar-refractivity contribution in [1.29, 1.82) is 0 Å². The maximum Gasteiger partial charge on any atom is 0.339 e. The minimum atomic E-state index is -1.22. The lowest BCUT2D eigenvalue weighted by Gasteiger charge is -2.21. The minimum absolute atomic E-state index is 0.121. The van der Waals surface area contributed by atoms with Crippen LogP contribution in [-0.4, -0.2) is 33.2 Å². The summed E-state index contributed by atoms with van der Waals surface area (Å²) in [5.41, 5.74) is 1.26. The Morgan fingerprint density at radius 2 is 1.80 bits per heavy atom. The number of hydrogen-bond donors (Lipinski definition) is 3. The van der Waals surface area contributed by atoms with Crippen molar-refractivity contribution in [2.24, 2.45) is 0 Å². The van der Waals surface area contributed by atoms with E-state index in [0.717, 1.165) is 5.56 Å². The van der Waals surface area contributed by atoms with Crippen LogP contribution >= 0.6 is 0 Å². The molecule has 0 heterocycles. The molecule has 1 aromatic carbocycles. The van der Waals surface area contributed by atoms with E-state index in [9.17, 15) is 19.8 Å². The fraction of sp³-hybridized carbons (Fsp3) is 0.333. The van der Waals surface area contributed by atoms with Crippen molar-refractivity contribution >= 4 is 11.8 Å². The first-order chi connectivity index (χ1) is 9.47. The van der Waals surface area contributed by atoms with Crippen LogP contribution in [0.1, 0.15) is 24.8 Å². The molecule has 0 aliphatic heterocycles. The highest BCUT2D eigenvalue weighted by Gasteiger charge is 2.30. The van der Waals surface area contributed by atoms with Crippen LogP contribution in [0.5, 0.6) is 5.75 Å². The number of rotatable bonds is 4. The van der Waals surface area contributed by atoms with Gasteiger partial charge in [0.15, 0.2) is 5.78 Å². The van der Waals surface area contributed by atoms with Crippen LogP contribution in [0.15, 0.2) is 35.4 Å². The number of carbonyl (C=O) groups excluding carboxylic acids is 1. The molecule has 5 nitrogen and oxygen atoms in total. The van der Waals surface area contributed by atoms with Crippen molar-refractivity contribution in [3.63, 3.8) is 0 Å². The zero-order valence-electron chi connectivity index (χ0n) is 10.9. The number of aryl methyl sites for hydroxylation is 1. The number of Topliss-reactive ketones (excluding diaryl/α,β-unsaturated/α-hetero) is 1. The number of carboxylic acids is 1. The Morgan fingerprint density at radius 3 is 2.40 bits per heavy atom. The molecule has 0 bridgehead atoms. The third-order valence-corrected chi connectivity index (χ3v) is 3.40. The molecule has 2 rings (SSSR count). The number of benzene rings is 1. The van der Waals surface area contributed by atoms with Crippen molar-refractivity contribution in [2.45, 2.75) is 31.8 Å². The summed E-state index contributed by atoms with van der Waals surface area (Å²) in [5, 5.41) is 27.9. The number of aliphatic carboxylic acids is 1. The number of phenols is 1. The molecule has 0 saturated heterocycles. The van der Waals surface area contributed by atoms with Crippen molar-refractivity contribution < 1.29 is 24.9 Å². The molecule has 0 radical (unpaired) electrons. The third kappa shape index (κ3) is 3.24. The minimum Gasteiger partial charge on any atom is -0.508 e. The molecule has 1 atom stereocenters. The first-order valence-electron chi connectivity index (χ1n) is 6.42. The van der Waals surface area contributed by atoms with Crippen molar-refractivity contribution in [3.05, 3.63) is 41.0 Å². The molecule has 1 aromatic rings. The van der Waals surface area contributed by atoms with E-state index in [0.29, 0.717) is 18.4 Å². The highest BCUT2D eigenvalue weighted by Crippen LogP contribution is 2.27. The molecule has 0 aromatic heterocycles. The van der Waals surface area contributed by atoms with E-state index in [1.165, 1.54) is 0 Å². The Balaban J connectivity index is 2.16. The summed E-state index contributed by atoms with van der Waals surface area (Å²) < 4.78 is 0. The van der Waals surface area contributed by atoms with E-state index in [-0.39, 0.29) is 24.2 Å². The zero-order valence-corrected chi connectivity index (χ0v) is 10.9. The lowest BCUT2D eigenvalue weighted by Crippen LogP contribution is -2.27. The molecule has 1 aliphatic rings. The van der Waals surface area contributed by atoms with Crippen LogP contribution in [0.2, 0.25) is 0 Å². The first kappa shape index (κ1) is 14.3. The number of carbonyl (C=O) groups is 2. The molecular weight excluding hydrogens is 260 g/mol. The average molecular weight is 276 g/mol. The Kier molecular flexibility index (Phi) is 4.20. The first-order valence-corrected chi connectivity index (χ1v) is 6.42. The van der Waals surface area contributed by atoms with Crippen LogP contribution in [0.3, 0.4) is 0 Å². The van der Waals surface area contributed by atoms with Gasteiger partial charge in [-0.05, 0) is 42.5 Å². The average Bonchev–Trinajstić information content (AvgIpc) is 2.36. The number of carboxylic acid groups (broad SMARTS) is 1. The summed E-state index contributed by atoms with van der Waals surface area (Å²) in [4.78, 5) is 22.8. The fourth-order valence-electron chi connectivity index (χ4n) is 2.43. The highest BCUT2D eigenvalue weighted by atomic mass is 16.4. The van der Waals surface area contributed by atoms with Gasteiger partial charge in [-0.2, -0.15) is 0 Å². The number of aromatic hydroxyl groups is 1. The van der Waals surface area contributed by atoms with E-state index in [2.05, 4.69) is 0 Å². The molecule has 20 heavy (non-hydrogen) atoms. The van der Waals surface area contributed by atoms with Crippen LogP contribution in [0, 0.1) is 0 Å². The van der Waals surface area contributed by atoms with E-state index in [1.54, 1.807) is 24.3 Å². The summed E-state index contributed by atoms with van der Waals surface area (Å²) in [7, 11) is 0. The number of phenolic OH excluding ortho intramolecular Hbond substituents is 1. The second kappa shape index (κ2) is 5.88. The summed E-state index contributed by atoms with van der Waals surface area (Å²) in [6, 6.07) is 6.61. The summed E-state index contributed by atoms with van der Waals surface area (Å²) >= 11 is 0. The van der Waals surface area contributed by atoms with Gasteiger partial charge < -0.3 is 15.3 Å². The number of aliphatic hydroxyl groups is 1. The molecule has 3 N–H and O–H groups in total. The number of aliphatic hydroxyl groups excluding tert-OH is 1. The molecule has 1 aliphatic carbocycles. The zero-order chi connectivity index (χ0) is 14.7. The lowest BCUT2D eigenvalue weighted by atomic mass is 9.85. The summed E-state index contributed by atoms with van der Waals surface area (Å²) in [6.45, 7) is 0. The summed E-state index contributed by atoms with van der Waals surface area (Å²) in [5.74, 6) is -1.55.